The molecule has 0 aromatic heterocycles. The quantitative estimate of drug-likeness (QED) is 0.589. The molecule has 0 aliphatic rings. The van der Waals surface area contributed by atoms with Crippen molar-refractivity contribution in [1.29, 1.82) is 0 Å². The number of hydrogen-bond acceptors (Lipinski definition) is 4. The first-order valence-corrected chi connectivity index (χ1v) is 4.01. The topological polar surface area (TPSA) is 103 Å². The van der Waals surface area contributed by atoms with Gasteiger partial charge in [0.25, 0.3) is 0 Å². The van der Waals surface area contributed by atoms with E-state index in [9.17, 15) is 9.59 Å². The zero-order valence-electron chi connectivity index (χ0n) is 9.72. The number of carbonyl (C=O) groups is 2. The molecule has 0 rings (SSSR count). The van der Waals surface area contributed by atoms with Crippen molar-refractivity contribution in [2.24, 2.45) is 0 Å². The summed E-state index contributed by atoms with van der Waals surface area (Å²) >= 11 is 0. The standard InChI is InChI=1S/2C5H8O2.O.V/c2*1-4(6)3-5(2)7;;/h2*3,6H,1-2H3;;/q;;-2;+2/b2*4-3-;;. The van der Waals surface area contributed by atoms with Crippen molar-refractivity contribution in [2.45, 2.75) is 27.7 Å². The van der Waals surface area contributed by atoms with Gasteiger partial charge in [0.1, 0.15) is 0 Å². The van der Waals surface area contributed by atoms with Crippen molar-refractivity contribution in [2.75, 3.05) is 0 Å². The van der Waals surface area contributed by atoms with Crippen LogP contribution in [0.1, 0.15) is 27.7 Å². The molecule has 16 heavy (non-hydrogen) atoms. The fourth-order valence-corrected chi connectivity index (χ4v) is 0.588. The summed E-state index contributed by atoms with van der Waals surface area (Å²) in [5.41, 5.74) is 0. The van der Waals surface area contributed by atoms with Gasteiger partial charge in [0.2, 0.25) is 0 Å². The number of aliphatic hydroxyl groups excluding tert-OH is 2. The second-order valence-corrected chi connectivity index (χ2v) is 2.79. The van der Waals surface area contributed by atoms with E-state index in [0.717, 1.165) is 0 Å². The van der Waals surface area contributed by atoms with E-state index in [2.05, 4.69) is 0 Å². The largest absolute Gasteiger partial charge is 2.00 e. The summed E-state index contributed by atoms with van der Waals surface area (Å²) < 4.78 is 0. The molecule has 6 heteroatoms. The van der Waals surface area contributed by atoms with Gasteiger partial charge >= 0.3 is 18.6 Å². The molecule has 91 valence electrons. The van der Waals surface area contributed by atoms with E-state index in [-0.39, 0.29) is 47.1 Å². The molecule has 0 fully saturated rings. The average Bonchev–Trinajstić information content (AvgIpc) is 1.79. The molecule has 0 aliphatic carbocycles. The third-order valence-electron chi connectivity index (χ3n) is 0.824. The third-order valence-corrected chi connectivity index (χ3v) is 0.824. The van der Waals surface area contributed by atoms with Crippen LogP contribution in [-0.2, 0) is 33.6 Å². The van der Waals surface area contributed by atoms with E-state index in [0.29, 0.717) is 0 Å². The van der Waals surface area contributed by atoms with E-state index in [4.69, 9.17) is 10.2 Å². The Bertz CT molecular complexity index is 232. The van der Waals surface area contributed by atoms with Crippen LogP contribution < -0.4 is 0 Å². The first-order chi connectivity index (χ1) is 6.25. The molecule has 0 unspecified atom stereocenters. The van der Waals surface area contributed by atoms with Gasteiger partial charge in [0.15, 0.2) is 11.6 Å². The maximum Gasteiger partial charge on any atom is 2.00 e. The summed E-state index contributed by atoms with van der Waals surface area (Å²) in [5, 5.41) is 16.7. The van der Waals surface area contributed by atoms with Crippen LogP contribution in [0.4, 0.5) is 0 Å². The molecule has 0 atom stereocenters. The first-order valence-electron chi connectivity index (χ1n) is 4.01. The zero-order chi connectivity index (χ0) is 11.7. The van der Waals surface area contributed by atoms with Gasteiger partial charge in [0.05, 0.1) is 11.5 Å². The summed E-state index contributed by atoms with van der Waals surface area (Å²) in [4.78, 5) is 20.0. The summed E-state index contributed by atoms with van der Waals surface area (Å²) in [5.74, 6) is -0.125. The summed E-state index contributed by atoms with van der Waals surface area (Å²) in [6, 6.07) is 0. The van der Waals surface area contributed by atoms with Crippen molar-refractivity contribution in [3.8, 4) is 0 Å². The molecule has 0 bridgehead atoms. The van der Waals surface area contributed by atoms with Gasteiger partial charge in [-0.3, -0.25) is 9.59 Å². The maximum atomic E-state index is 10.0. The minimum Gasteiger partial charge on any atom is -2.00 e. The first kappa shape index (κ1) is 24.3. The Morgan fingerprint density at radius 1 is 0.812 bits per heavy atom. The molecule has 0 saturated carbocycles. The van der Waals surface area contributed by atoms with Gasteiger partial charge < -0.3 is 15.7 Å². The summed E-state index contributed by atoms with van der Waals surface area (Å²) in [6.07, 6.45) is 2.33. The van der Waals surface area contributed by atoms with Gasteiger partial charge in [-0.1, -0.05) is 0 Å². The predicted octanol–water partition coefficient (Wildman–Crippen LogP) is 1.95. The van der Waals surface area contributed by atoms with E-state index in [1.165, 1.54) is 39.8 Å². The van der Waals surface area contributed by atoms with Crippen molar-refractivity contribution in [3.63, 3.8) is 0 Å². The van der Waals surface area contributed by atoms with E-state index in [1.54, 1.807) is 0 Å². The molecule has 1 radical (unpaired) electrons. The Hall–Kier alpha value is -1.04. The molecule has 0 spiro atoms. The van der Waals surface area contributed by atoms with Crippen molar-refractivity contribution in [3.05, 3.63) is 23.7 Å². The molecular weight excluding hydrogens is 251 g/mol. The smallest absolute Gasteiger partial charge is 2.00 e. The molecule has 0 amide bonds. The van der Waals surface area contributed by atoms with E-state index < -0.39 is 0 Å². The van der Waals surface area contributed by atoms with E-state index >= 15 is 0 Å². The van der Waals surface area contributed by atoms with Gasteiger partial charge in [0, 0.05) is 12.2 Å². The molecule has 0 aliphatic heterocycles. The molecule has 0 saturated heterocycles. The average molecular weight is 267 g/mol. The predicted molar refractivity (Wildman–Crippen MR) is 54.8 cm³/mol. The van der Waals surface area contributed by atoms with Crippen LogP contribution in [0.25, 0.3) is 0 Å². The number of aliphatic hydroxyl groups is 2. The number of hydrogen-bond donors (Lipinski definition) is 2. The van der Waals surface area contributed by atoms with Crippen molar-refractivity contribution < 1.29 is 43.8 Å². The van der Waals surface area contributed by atoms with Crippen LogP contribution in [0.2, 0.25) is 0 Å². The van der Waals surface area contributed by atoms with Crippen LogP contribution in [0.15, 0.2) is 23.7 Å². The minimum atomic E-state index is -0.125. The molecule has 0 aromatic rings. The Morgan fingerprint density at radius 2 is 1.00 bits per heavy atom. The van der Waals surface area contributed by atoms with Gasteiger partial charge in [-0.05, 0) is 27.7 Å². The molecule has 0 heterocycles. The van der Waals surface area contributed by atoms with Crippen LogP contribution in [0.5, 0.6) is 0 Å². The third kappa shape index (κ3) is 38.3. The van der Waals surface area contributed by atoms with E-state index in [1.807, 2.05) is 0 Å². The minimum absolute atomic E-state index is 0. The van der Waals surface area contributed by atoms with Crippen LogP contribution in [0.3, 0.4) is 0 Å². The Morgan fingerprint density at radius 3 is 1.00 bits per heavy atom. The zero-order valence-corrected chi connectivity index (χ0v) is 11.1. The SMILES string of the molecule is CC(=O)/C=C(/C)O.CC(=O)/C=C(/C)O.[O-2].[V+2]. The molecular formula is C10H16O5V. The Balaban J connectivity index is -0.0000000800. The van der Waals surface area contributed by atoms with Gasteiger partial charge in [-0.25, -0.2) is 0 Å². The second kappa shape index (κ2) is 14.0. The number of carbonyl (C=O) groups excluding carboxylic acids is 2. The monoisotopic (exact) mass is 267 g/mol. The molecule has 0 aromatic carbocycles. The van der Waals surface area contributed by atoms with Crippen molar-refractivity contribution >= 4 is 11.6 Å². The second-order valence-electron chi connectivity index (χ2n) is 2.79. The summed E-state index contributed by atoms with van der Waals surface area (Å²) in [7, 11) is 0. The number of rotatable bonds is 2. The summed E-state index contributed by atoms with van der Waals surface area (Å²) in [6.45, 7) is 5.70. The molecule has 2 N–H and O–H groups in total. The van der Waals surface area contributed by atoms with Gasteiger partial charge in [-0.2, -0.15) is 0 Å². The van der Waals surface area contributed by atoms with Gasteiger partial charge in [-0.15, -0.1) is 0 Å². The maximum absolute atomic E-state index is 10.0. The van der Waals surface area contributed by atoms with Crippen LogP contribution in [0, 0.1) is 0 Å². The number of ketones is 2. The molecule has 5 nitrogen and oxygen atoms in total. The van der Waals surface area contributed by atoms with Crippen molar-refractivity contribution in [1.82, 2.24) is 0 Å². The fraction of sp³-hybridized carbons (Fsp3) is 0.400. The number of allylic oxidation sites excluding steroid dienone is 4. The Kier molecular flexibility index (Phi) is 21.2. The Labute approximate surface area is 107 Å². The fourth-order valence-electron chi connectivity index (χ4n) is 0.588. The van der Waals surface area contributed by atoms with Crippen LogP contribution >= 0.6 is 0 Å². The normalized spacial score (nSPS) is 10.0. The van der Waals surface area contributed by atoms with Crippen LogP contribution in [-0.4, -0.2) is 21.8 Å².